The minimum Gasteiger partial charge on any atom is -0.248 e. The Morgan fingerprint density at radius 1 is 0.952 bits per heavy atom. The van der Waals surface area contributed by atoms with Gasteiger partial charge in [0.05, 0.1) is 11.2 Å². The molecule has 0 saturated carbocycles. The van der Waals surface area contributed by atoms with E-state index in [1.165, 1.54) is 5.56 Å². The molecule has 0 aliphatic heterocycles. The molecular weight excluding hydrogens is 301 g/mol. The average Bonchev–Trinajstić information content (AvgIpc) is 2.46. The minimum atomic E-state index is 0.696. The summed E-state index contributed by atoms with van der Waals surface area (Å²) in [4.78, 5) is 4.63. The molecule has 0 spiro atoms. The zero-order valence-electron chi connectivity index (χ0n) is 11.5. The number of pyridine rings is 1. The highest BCUT2D eigenvalue weighted by atomic mass is 35.5. The molecule has 0 atom stereocenters. The summed E-state index contributed by atoms with van der Waals surface area (Å²) in [6, 6.07) is 15.6. The maximum absolute atomic E-state index is 6.15. The molecule has 1 nitrogen and oxygen atoms in total. The summed E-state index contributed by atoms with van der Waals surface area (Å²) in [5.41, 5.74) is 3.95. The first-order valence-electron chi connectivity index (χ1n) is 6.63. The molecule has 0 saturated heterocycles. The van der Waals surface area contributed by atoms with Gasteiger partial charge in [-0.3, -0.25) is 0 Å². The van der Waals surface area contributed by atoms with E-state index < -0.39 is 0 Å². The van der Waals surface area contributed by atoms with Crippen molar-refractivity contribution in [3.8, 4) is 0 Å². The topological polar surface area (TPSA) is 12.9 Å². The third-order valence-electron chi connectivity index (χ3n) is 3.34. The van der Waals surface area contributed by atoms with E-state index in [0.717, 1.165) is 27.2 Å². The molecule has 2 aromatic carbocycles. The second-order valence-corrected chi connectivity index (χ2v) is 5.72. The van der Waals surface area contributed by atoms with Gasteiger partial charge in [-0.05, 0) is 48.4 Å². The summed E-state index contributed by atoms with van der Waals surface area (Å²) >= 11 is 12.2. The van der Waals surface area contributed by atoms with E-state index in [4.69, 9.17) is 23.2 Å². The van der Waals surface area contributed by atoms with Gasteiger partial charge in [0, 0.05) is 15.4 Å². The number of aromatic nitrogens is 1. The molecule has 3 heteroatoms. The van der Waals surface area contributed by atoms with Gasteiger partial charge in [-0.1, -0.05) is 53.5 Å². The van der Waals surface area contributed by atoms with Crippen LogP contribution in [0.1, 0.15) is 16.8 Å². The zero-order chi connectivity index (χ0) is 14.8. The lowest BCUT2D eigenvalue weighted by atomic mass is 10.1. The van der Waals surface area contributed by atoms with Gasteiger partial charge >= 0.3 is 0 Å². The Balaban J connectivity index is 2.03. The van der Waals surface area contributed by atoms with Gasteiger partial charge < -0.3 is 0 Å². The van der Waals surface area contributed by atoms with E-state index in [1.807, 2.05) is 54.6 Å². The fourth-order valence-electron chi connectivity index (χ4n) is 2.27. The first-order chi connectivity index (χ1) is 10.1. The molecule has 0 unspecified atom stereocenters. The fourth-order valence-corrected chi connectivity index (χ4v) is 2.64. The van der Waals surface area contributed by atoms with E-state index >= 15 is 0 Å². The summed E-state index contributed by atoms with van der Waals surface area (Å²) in [5, 5.41) is 2.55. The fraction of sp³-hybridized carbons (Fsp3) is 0.0556. The van der Waals surface area contributed by atoms with E-state index in [9.17, 15) is 0 Å². The van der Waals surface area contributed by atoms with Crippen LogP contribution in [0.25, 0.3) is 23.1 Å². The molecule has 0 aliphatic rings. The molecule has 0 bridgehead atoms. The SMILES string of the molecule is Cc1cc(C=Cc2ccccc2Cl)nc2cc(Cl)ccc12. The van der Waals surface area contributed by atoms with Crippen LogP contribution in [-0.2, 0) is 0 Å². The van der Waals surface area contributed by atoms with Crippen LogP contribution >= 0.6 is 23.2 Å². The van der Waals surface area contributed by atoms with Crippen molar-refractivity contribution in [1.29, 1.82) is 0 Å². The summed E-state index contributed by atoms with van der Waals surface area (Å²) in [6.07, 6.45) is 3.94. The van der Waals surface area contributed by atoms with Gasteiger partial charge in [-0.2, -0.15) is 0 Å². The van der Waals surface area contributed by atoms with Crippen LogP contribution in [0.2, 0.25) is 10.0 Å². The Bertz CT molecular complexity index is 838. The standard InChI is InChI=1S/C18H13Cl2N/c1-12-10-15(8-6-13-4-2-3-5-17(13)20)21-18-11-14(19)7-9-16(12)18/h2-11H,1H3. The minimum absolute atomic E-state index is 0.696. The highest BCUT2D eigenvalue weighted by Gasteiger charge is 2.02. The molecule has 3 rings (SSSR count). The molecule has 1 aromatic heterocycles. The monoisotopic (exact) mass is 313 g/mol. The quantitative estimate of drug-likeness (QED) is 0.563. The van der Waals surface area contributed by atoms with Crippen LogP contribution in [0.3, 0.4) is 0 Å². The van der Waals surface area contributed by atoms with Gasteiger partial charge in [0.1, 0.15) is 0 Å². The number of nitrogens with zero attached hydrogens (tertiary/aromatic N) is 1. The lowest BCUT2D eigenvalue weighted by molar-refractivity contribution is 1.34. The molecule has 3 aromatic rings. The number of hydrogen-bond acceptors (Lipinski definition) is 1. The van der Waals surface area contributed by atoms with Crippen LogP contribution in [0.4, 0.5) is 0 Å². The normalized spacial score (nSPS) is 11.4. The number of hydrogen-bond donors (Lipinski definition) is 0. The Morgan fingerprint density at radius 3 is 2.57 bits per heavy atom. The van der Waals surface area contributed by atoms with Crippen molar-refractivity contribution in [2.24, 2.45) is 0 Å². The highest BCUT2D eigenvalue weighted by Crippen LogP contribution is 2.23. The van der Waals surface area contributed by atoms with Crippen molar-refractivity contribution >= 4 is 46.3 Å². The second-order valence-electron chi connectivity index (χ2n) is 4.88. The summed E-state index contributed by atoms with van der Waals surface area (Å²) in [6.45, 7) is 2.07. The third kappa shape index (κ3) is 3.10. The number of fused-ring (bicyclic) bond motifs is 1. The maximum Gasteiger partial charge on any atom is 0.0726 e. The van der Waals surface area contributed by atoms with E-state index in [2.05, 4.69) is 18.0 Å². The average molecular weight is 314 g/mol. The van der Waals surface area contributed by atoms with E-state index in [-0.39, 0.29) is 0 Å². The zero-order valence-corrected chi connectivity index (χ0v) is 13.0. The molecule has 1 heterocycles. The third-order valence-corrected chi connectivity index (χ3v) is 3.92. The molecule has 21 heavy (non-hydrogen) atoms. The van der Waals surface area contributed by atoms with E-state index in [0.29, 0.717) is 5.02 Å². The van der Waals surface area contributed by atoms with Crippen LogP contribution < -0.4 is 0 Å². The molecule has 104 valence electrons. The predicted molar refractivity (Wildman–Crippen MR) is 91.9 cm³/mol. The van der Waals surface area contributed by atoms with Crippen molar-refractivity contribution in [2.75, 3.05) is 0 Å². The van der Waals surface area contributed by atoms with Crippen molar-refractivity contribution in [3.63, 3.8) is 0 Å². The Labute approximate surface area is 133 Å². The number of benzene rings is 2. The number of rotatable bonds is 2. The van der Waals surface area contributed by atoms with Crippen LogP contribution in [0.5, 0.6) is 0 Å². The first-order valence-corrected chi connectivity index (χ1v) is 7.38. The van der Waals surface area contributed by atoms with Crippen molar-refractivity contribution in [1.82, 2.24) is 4.98 Å². The molecule has 0 aliphatic carbocycles. The Kier molecular flexibility index (Phi) is 3.96. The van der Waals surface area contributed by atoms with Gasteiger partial charge in [-0.15, -0.1) is 0 Å². The van der Waals surface area contributed by atoms with Crippen LogP contribution in [0.15, 0.2) is 48.5 Å². The van der Waals surface area contributed by atoms with E-state index in [1.54, 1.807) is 0 Å². The lowest BCUT2D eigenvalue weighted by Gasteiger charge is -2.04. The molecule has 0 fully saturated rings. The lowest BCUT2D eigenvalue weighted by Crippen LogP contribution is -1.87. The molecule has 0 N–H and O–H groups in total. The van der Waals surface area contributed by atoms with Crippen molar-refractivity contribution < 1.29 is 0 Å². The Hall–Kier alpha value is -1.83. The summed E-state index contributed by atoms with van der Waals surface area (Å²) in [5.74, 6) is 0. The van der Waals surface area contributed by atoms with Gasteiger partial charge in [0.15, 0.2) is 0 Å². The van der Waals surface area contributed by atoms with Gasteiger partial charge in [-0.25, -0.2) is 4.98 Å². The smallest absolute Gasteiger partial charge is 0.0726 e. The maximum atomic E-state index is 6.15. The summed E-state index contributed by atoms with van der Waals surface area (Å²) in [7, 11) is 0. The van der Waals surface area contributed by atoms with Gasteiger partial charge in [0.2, 0.25) is 0 Å². The second kappa shape index (κ2) is 5.88. The van der Waals surface area contributed by atoms with Gasteiger partial charge in [0.25, 0.3) is 0 Å². The highest BCUT2D eigenvalue weighted by molar-refractivity contribution is 6.32. The molecule has 0 amide bonds. The van der Waals surface area contributed by atoms with Crippen molar-refractivity contribution in [3.05, 3.63) is 75.4 Å². The van der Waals surface area contributed by atoms with Crippen molar-refractivity contribution in [2.45, 2.75) is 6.92 Å². The Morgan fingerprint density at radius 2 is 1.76 bits per heavy atom. The number of halogens is 2. The summed E-state index contributed by atoms with van der Waals surface area (Å²) < 4.78 is 0. The molecule has 0 radical (unpaired) electrons. The van der Waals surface area contributed by atoms with Crippen LogP contribution in [-0.4, -0.2) is 4.98 Å². The predicted octanol–water partition coefficient (Wildman–Crippen LogP) is 6.02. The largest absolute Gasteiger partial charge is 0.248 e. The number of aryl methyl sites for hydroxylation is 1. The first kappa shape index (κ1) is 14.1. The van der Waals surface area contributed by atoms with Crippen LogP contribution in [0, 0.1) is 6.92 Å². The molecular formula is C18H13Cl2N.